The zero-order valence-corrected chi connectivity index (χ0v) is 79.5. The molecule has 12 aromatic carbocycles. The molecule has 0 fully saturated rings. The van der Waals surface area contributed by atoms with Gasteiger partial charge >= 0.3 is 0 Å². The standard InChI is InChI=1S/C41H41Cl2N2.C40H40ClN2.C37H33Cl2N2/c1-4-6-23-44-36(34-16-10-14-32-27(3)17-20-37(44)40(32)34)22-19-29-12-8-11-28(41(29)43)18-21-35-33-15-9-13-30-25-31(42)26-38(39(30)33)45(35)24-7-5-2;1-3-5-26-42-34(32-18-8-12-28-14-10-20-36(42)38(28)32)24-22-30-16-7-17-31(40(30)41)23-25-35-33-19-9-13-29-15-11-21-37(39(29)33)43(35)27-6-4-2;1-4-40-32(30-14-8-12-28-23(3)15-18-33(40)36(28)30)20-17-25-10-6-9-24(37(25)39)16-19-31-29-13-7-11-26-21-27(38)22-34(35(26)29)41(31)5-2/h9-10,13-22,25-26H,4-8,11-12,23-24H2,1-3H3;8-15,18-25H,3-7,16-17,26-27H2,1-2H3;7-8,11-22H,4-6,9-10H2,1-3H3/q3*+1. The van der Waals surface area contributed by atoms with Crippen molar-refractivity contribution < 1.29 is 13.7 Å². The summed E-state index contributed by atoms with van der Waals surface area (Å²) in [6, 6.07) is 70.6. The van der Waals surface area contributed by atoms with Crippen LogP contribution in [0.2, 0.25) is 10.0 Å². The maximum atomic E-state index is 7.22. The lowest BCUT2D eigenvalue weighted by Gasteiger charge is -2.16. The lowest BCUT2D eigenvalue weighted by molar-refractivity contribution is -0.436. The van der Waals surface area contributed by atoms with Crippen molar-refractivity contribution in [3.05, 3.63) is 351 Å². The van der Waals surface area contributed by atoms with Gasteiger partial charge in [0.15, 0.2) is 0 Å². The average molecular weight is 1790 g/mol. The van der Waals surface area contributed by atoms with E-state index < -0.39 is 0 Å². The van der Waals surface area contributed by atoms with Crippen LogP contribution in [0, 0.1) is 13.8 Å². The molecule has 6 nitrogen and oxygen atoms in total. The van der Waals surface area contributed by atoms with E-state index in [-0.39, 0.29) is 0 Å². The van der Waals surface area contributed by atoms with E-state index in [1.165, 1.54) is 241 Å². The molecule has 3 aromatic heterocycles. The zero-order valence-electron chi connectivity index (χ0n) is 75.7. The Morgan fingerprint density at radius 1 is 0.310 bits per heavy atom. The van der Waals surface area contributed by atoms with Gasteiger partial charge in [0, 0.05) is 148 Å². The smallest absolute Gasteiger partial charge is 0.214 e. The molecule has 11 heteroatoms. The lowest BCUT2D eigenvalue weighted by Crippen LogP contribution is -2.16. The van der Waals surface area contributed by atoms with Gasteiger partial charge in [-0.2, -0.15) is 13.7 Å². The predicted molar refractivity (Wildman–Crippen MR) is 558 cm³/mol. The van der Waals surface area contributed by atoms with E-state index in [2.05, 4.69) is 350 Å². The first-order valence-electron chi connectivity index (χ1n) is 47.4. The van der Waals surface area contributed by atoms with E-state index in [4.69, 9.17) is 58.0 Å². The molecule has 129 heavy (non-hydrogen) atoms. The minimum absolute atomic E-state index is 0.772. The third kappa shape index (κ3) is 16.4. The summed E-state index contributed by atoms with van der Waals surface area (Å²) in [6.07, 6.45) is 46.0. The van der Waals surface area contributed by atoms with Crippen molar-refractivity contribution in [2.75, 3.05) is 19.6 Å². The van der Waals surface area contributed by atoms with Crippen molar-refractivity contribution >= 4 is 208 Å². The van der Waals surface area contributed by atoms with Gasteiger partial charge in [0.25, 0.3) is 0 Å². The molecule has 3 aliphatic heterocycles. The second-order valence-corrected chi connectivity index (χ2v) is 37.8. The van der Waals surface area contributed by atoms with Crippen molar-refractivity contribution in [3.8, 4) is 0 Å². The molecule has 0 radical (unpaired) electrons. The molecule has 0 N–H and O–H groups in total. The molecule has 0 atom stereocenters. The highest BCUT2D eigenvalue weighted by Gasteiger charge is 2.35. The molecular formula is C118H114Cl5N6+3. The van der Waals surface area contributed by atoms with Crippen LogP contribution in [0.25, 0.3) is 116 Å². The van der Waals surface area contributed by atoms with Gasteiger partial charge in [-0.05, 0) is 242 Å². The summed E-state index contributed by atoms with van der Waals surface area (Å²) in [5.41, 5.74) is 25.5. The first kappa shape index (κ1) is 87.3. The van der Waals surface area contributed by atoms with Crippen molar-refractivity contribution in [1.82, 2.24) is 13.7 Å². The van der Waals surface area contributed by atoms with Gasteiger partial charge in [-0.1, -0.05) is 275 Å². The summed E-state index contributed by atoms with van der Waals surface area (Å²) in [7, 11) is 0. The SMILES string of the molecule is CCCCn1c(=CC=C2CCCC(C=CC3=[N+](CCCC)c4ccc(C)c5cccc3c45)=C2Cl)c2cccc3cc(Cl)cc1c32.CCCCn1c(=CC=C2CCCC(C=CC3=[N+](CCCC)c4cccc5cccc3c45)=C2Cl)c2cccc3cccc1c32.CCn1c(=CC=C2CCCC(C=CC3=[N+](CC)c4ccc(C)c5cccc3c45)=C2Cl)c2cccc3cc(Cl)cc1c32. The van der Waals surface area contributed by atoms with E-state index in [9.17, 15) is 0 Å². The summed E-state index contributed by atoms with van der Waals surface area (Å²) in [4.78, 5) is 0. The van der Waals surface area contributed by atoms with E-state index in [1.807, 2.05) is 0 Å². The monoisotopic (exact) mass is 1790 g/mol. The van der Waals surface area contributed by atoms with Crippen molar-refractivity contribution in [3.63, 3.8) is 0 Å². The summed E-state index contributed by atoms with van der Waals surface area (Å²) in [6.45, 7) is 23.7. The Morgan fingerprint density at radius 2 is 0.667 bits per heavy atom. The molecule has 0 unspecified atom stereocenters. The minimum Gasteiger partial charge on any atom is -0.341 e. The number of hydrogen-bond donors (Lipinski definition) is 0. The largest absolute Gasteiger partial charge is 0.341 e. The van der Waals surface area contributed by atoms with Crippen molar-refractivity contribution in [1.29, 1.82) is 0 Å². The van der Waals surface area contributed by atoms with Gasteiger partial charge in [0.2, 0.25) is 34.2 Å². The van der Waals surface area contributed by atoms with Gasteiger partial charge in [-0.3, -0.25) is 0 Å². The van der Waals surface area contributed by atoms with E-state index in [1.54, 1.807) is 0 Å². The number of allylic oxidation sites excluding steroid dienone is 18. The fourth-order valence-electron chi connectivity index (χ4n) is 21.4. The second kappa shape index (κ2) is 38.2. The Morgan fingerprint density at radius 3 is 1.12 bits per heavy atom. The maximum Gasteiger partial charge on any atom is 0.214 e. The number of aromatic nitrogens is 3. The summed E-state index contributed by atoms with van der Waals surface area (Å²) < 4.78 is 14.8. The summed E-state index contributed by atoms with van der Waals surface area (Å²) in [5.74, 6) is 0. The van der Waals surface area contributed by atoms with Crippen LogP contribution in [0.3, 0.4) is 0 Å². The highest BCUT2D eigenvalue weighted by molar-refractivity contribution is 6.35. The molecule has 648 valence electrons. The highest BCUT2D eigenvalue weighted by Crippen LogP contribution is 2.44. The number of nitrogens with zero attached hydrogens (tertiary/aromatic N) is 6. The Hall–Kier alpha value is -11.1. The van der Waals surface area contributed by atoms with Crippen LogP contribution in [0.15, 0.2) is 297 Å². The molecule has 6 aliphatic rings. The molecule has 0 amide bonds. The maximum absolute atomic E-state index is 7.22. The molecular weight excluding hydrogens is 1680 g/mol. The van der Waals surface area contributed by atoms with Crippen LogP contribution in [0.5, 0.6) is 0 Å². The van der Waals surface area contributed by atoms with Gasteiger partial charge in [0.1, 0.15) is 19.6 Å². The fourth-order valence-corrected chi connectivity index (χ4v) is 22.8. The van der Waals surface area contributed by atoms with Gasteiger partial charge in [-0.25, -0.2) is 0 Å². The Balaban J connectivity index is 0.000000126. The number of benzene rings is 12. The Labute approximate surface area is 784 Å². The number of hydrogen-bond acceptors (Lipinski definition) is 0. The molecule has 21 rings (SSSR count). The van der Waals surface area contributed by atoms with E-state index >= 15 is 0 Å². The molecule has 3 aliphatic carbocycles. The number of unbranched alkanes of at least 4 members (excludes halogenated alkanes) is 4. The molecule has 0 saturated carbocycles. The van der Waals surface area contributed by atoms with Crippen LogP contribution in [0.4, 0.5) is 17.1 Å². The fraction of sp³-hybridized carbons (Fsp3) is 0.263. The zero-order chi connectivity index (χ0) is 88.7. The second-order valence-electron chi connectivity index (χ2n) is 35.8. The lowest BCUT2D eigenvalue weighted by atomic mass is 9.93. The summed E-state index contributed by atoms with van der Waals surface area (Å²) in [5, 5.41) is 27.6. The molecule has 15 aromatic rings. The molecule has 0 bridgehead atoms. The van der Waals surface area contributed by atoms with Gasteiger partial charge in [-0.15, -0.1) is 0 Å². The number of rotatable bonds is 23. The summed E-state index contributed by atoms with van der Waals surface area (Å²) >= 11 is 34.6. The van der Waals surface area contributed by atoms with E-state index in [0.717, 1.165) is 141 Å². The normalized spacial score (nSPS) is 16.9. The minimum atomic E-state index is 0.772. The topological polar surface area (TPSA) is 23.8 Å². The quantitative estimate of drug-likeness (QED) is 0.0570. The van der Waals surface area contributed by atoms with Crippen LogP contribution >= 0.6 is 58.0 Å². The molecule has 0 spiro atoms. The number of aryl methyl sites for hydroxylation is 5. The third-order valence-electron chi connectivity index (χ3n) is 27.8. The van der Waals surface area contributed by atoms with Gasteiger partial charge < -0.3 is 13.7 Å². The average Bonchev–Trinajstić information content (AvgIpc) is 1.60. The molecule has 0 saturated heterocycles. The van der Waals surface area contributed by atoms with E-state index in [0.29, 0.717) is 0 Å². The first-order chi connectivity index (χ1) is 63.2. The van der Waals surface area contributed by atoms with Gasteiger partial charge in [0.05, 0.1) is 43.9 Å². The van der Waals surface area contributed by atoms with Crippen molar-refractivity contribution in [2.45, 2.75) is 184 Å². The highest BCUT2D eigenvalue weighted by atomic mass is 35.5. The Bertz CT molecular complexity index is 7660. The predicted octanol–water partition coefficient (Wildman–Crippen LogP) is 31.4. The Kier molecular flexibility index (Phi) is 25.8. The van der Waals surface area contributed by atoms with Crippen LogP contribution in [0.1, 0.15) is 179 Å². The number of halogens is 5. The van der Waals surface area contributed by atoms with Crippen LogP contribution in [-0.2, 0) is 19.6 Å². The first-order valence-corrected chi connectivity index (χ1v) is 49.3. The van der Waals surface area contributed by atoms with Crippen LogP contribution < -0.4 is 16.0 Å². The third-order valence-corrected chi connectivity index (χ3v) is 29.7. The molecule has 6 heterocycles. The van der Waals surface area contributed by atoms with Crippen LogP contribution in [-0.4, -0.2) is 64.2 Å². The van der Waals surface area contributed by atoms with Crippen molar-refractivity contribution in [2.24, 2.45) is 0 Å².